The van der Waals surface area contributed by atoms with E-state index in [1.54, 1.807) is 17.5 Å². The van der Waals surface area contributed by atoms with Gasteiger partial charge in [0, 0.05) is 66.5 Å². The van der Waals surface area contributed by atoms with Gasteiger partial charge in [-0.25, -0.2) is 9.97 Å². The van der Waals surface area contributed by atoms with E-state index in [-0.39, 0.29) is 11.8 Å². The van der Waals surface area contributed by atoms with Crippen LogP contribution in [0.2, 0.25) is 5.02 Å². The Morgan fingerprint density at radius 2 is 2.08 bits per heavy atom. The summed E-state index contributed by atoms with van der Waals surface area (Å²) in [4.78, 5) is 33.1. The van der Waals surface area contributed by atoms with Gasteiger partial charge in [0.1, 0.15) is 5.02 Å². The third-order valence-corrected chi connectivity index (χ3v) is 8.34. The number of thiazole rings is 1. The van der Waals surface area contributed by atoms with Gasteiger partial charge >= 0.3 is 0 Å². The predicted octanol–water partition coefficient (Wildman–Crippen LogP) is 5.87. The monoisotopic (exact) mass is 548 g/mol. The van der Waals surface area contributed by atoms with Crippen LogP contribution in [0, 0.1) is 11.8 Å². The fourth-order valence-electron chi connectivity index (χ4n) is 5.20. The first-order chi connectivity index (χ1) is 18.6. The molecule has 3 aromatic rings. The summed E-state index contributed by atoms with van der Waals surface area (Å²) in [6, 6.07) is 5.98. The molecule has 3 aliphatic rings. The van der Waals surface area contributed by atoms with Crippen molar-refractivity contribution in [1.82, 2.24) is 15.0 Å². The van der Waals surface area contributed by atoms with Gasteiger partial charge in [0.15, 0.2) is 10.9 Å². The van der Waals surface area contributed by atoms with Gasteiger partial charge in [0.05, 0.1) is 6.20 Å². The van der Waals surface area contributed by atoms with E-state index in [0.717, 1.165) is 73.0 Å². The standard InChI is InChI=1S/C27H29ClN8OS/c28-22-16-31-26-33-21-11-18(14-29-15-21)1-2-19-13-20(32-25(22)35-26)3-4-23(19)34-24(37)12-17-5-8-36(9-6-17)27-30-7-10-38-27/h3-4,7,10,13-18H,1-2,5-6,8-9,11-12H2,(H,34,37)(H2,31,32,33,35). The van der Waals surface area contributed by atoms with E-state index in [2.05, 4.69) is 46.9 Å². The lowest BCUT2D eigenvalue weighted by molar-refractivity contribution is -0.117. The number of piperidine rings is 1. The number of aromatic nitrogens is 3. The molecule has 11 heteroatoms. The van der Waals surface area contributed by atoms with Crippen molar-refractivity contribution in [3.63, 3.8) is 0 Å². The maximum absolute atomic E-state index is 13.1. The van der Waals surface area contributed by atoms with Gasteiger partial charge in [-0.3, -0.25) is 9.79 Å². The molecule has 38 heavy (non-hydrogen) atoms. The maximum Gasteiger partial charge on any atom is 0.229 e. The number of aryl methyl sites for hydroxylation is 1. The summed E-state index contributed by atoms with van der Waals surface area (Å²) in [7, 11) is 0. The van der Waals surface area contributed by atoms with Gasteiger partial charge < -0.3 is 20.9 Å². The quantitative estimate of drug-likeness (QED) is 0.374. The van der Waals surface area contributed by atoms with Crippen LogP contribution < -0.4 is 20.9 Å². The van der Waals surface area contributed by atoms with E-state index in [1.165, 1.54) is 0 Å². The van der Waals surface area contributed by atoms with E-state index in [4.69, 9.17) is 11.6 Å². The zero-order valence-electron chi connectivity index (χ0n) is 20.9. The van der Waals surface area contributed by atoms with Crippen LogP contribution in [-0.2, 0) is 11.2 Å². The van der Waals surface area contributed by atoms with E-state index in [0.29, 0.717) is 29.1 Å². The lowest BCUT2D eigenvalue weighted by Crippen LogP contribution is -2.34. The summed E-state index contributed by atoms with van der Waals surface area (Å²) in [6.45, 7) is 1.89. The van der Waals surface area contributed by atoms with Gasteiger partial charge in [0.25, 0.3) is 0 Å². The van der Waals surface area contributed by atoms with E-state index in [9.17, 15) is 4.79 Å². The van der Waals surface area contributed by atoms with Crippen molar-refractivity contribution < 1.29 is 4.79 Å². The summed E-state index contributed by atoms with van der Waals surface area (Å²) in [5.41, 5.74) is 3.75. The molecule has 3 N–H and O–H groups in total. The molecule has 2 aromatic heterocycles. The number of allylic oxidation sites excluding steroid dienone is 1. The molecular formula is C27H29ClN8OS. The van der Waals surface area contributed by atoms with Crippen molar-refractivity contribution in [2.24, 2.45) is 16.8 Å². The topological polar surface area (TPSA) is 107 Å². The number of nitrogens with zero attached hydrogens (tertiary/aromatic N) is 5. The third kappa shape index (κ3) is 5.81. The second kappa shape index (κ2) is 11.1. The molecule has 0 radical (unpaired) electrons. The number of anilines is 5. The van der Waals surface area contributed by atoms with Crippen LogP contribution in [-0.4, -0.2) is 40.2 Å². The molecule has 0 aliphatic carbocycles. The molecule has 5 heterocycles. The molecule has 1 aromatic carbocycles. The van der Waals surface area contributed by atoms with Crippen LogP contribution in [0.4, 0.5) is 28.3 Å². The number of amides is 1. The summed E-state index contributed by atoms with van der Waals surface area (Å²) < 4.78 is 0. The fourth-order valence-corrected chi connectivity index (χ4v) is 6.04. The highest BCUT2D eigenvalue weighted by molar-refractivity contribution is 7.13. The number of benzene rings is 1. The van der Waals surface area contributed by atoms with Crippen LogP contribution in [0.25, 0.3) is 0 Å². The van der Waals surface area contributed by atoms with Crippen LogP contribution in [0.15, 0.2) is 52.9 Å². The van der Waals surface area contributed by atoms with E-state index >= 15 is 0 Å². The minimum atomic E-state index is 0.0645. The summed E-state index contributed by atoms with van der Waals surface area (Å²) in [6.07, 6.45) is 12.3. The molecule has 3 aliphatic heterocycles. The maximum atomic E-state index is 13.1. The molecule has 1 fully saturated rings. The summed E-state index contributed by atoms with van der Waals surface area (Å²) >= 11 is 8.05. The number of fused-ring (bicyclic) bond motifs is 6. The van der Waals surface area contributed by atoms with Crippen LogP contribution in [0.1, 0.15) is 37.7 Å². The number of rotatable bonds is 4. The first-order valence-electron chi connectivity index (χ1n) is 13.0. The number of halogens is 1. The van der Waals surface area contributed by atoms with Crippen molar-refractivity contribution in [1.29, 1.82) is 0 Å². The fraction of sp³-hybridized carbons (Fsp3) is 0.370. The Morgan fingerprint density at radius 3 is 2.92 bits per heavy atom. The van der Waals surface area contributed by atoms with Gasteiger partial charge in [-0.15, -0.1) is 11.3 Å². The van der Waals surface area contributed by atoms with Crippen molar-refractivity contribution in [2.45, 2.75) is 38.5 Å². The number of aliphatic imine (C=N–C) groups is 1. The number of carbonyl (C=O) groups is 1. The Kier molecular flexibility index (Phi) is 7.24. The molecule has 196 valence electrons. The van der Waals surface area contributed by atoms with Crippen molar-refractivity contribution in [3.8, 4) is 0 Å². The van der Waals surface area contributed by atoms with E-state index in [1.807, 2.05) is 36.1 Å². The lowest BCUT2D eigenvalue weighted by atomic mass is 9.93. The Morgan fingerprint density at radius 1 is 1.18 bits per heavy atom. The average Bonchev–Trinajstić information content (AvgIpc) is 3.46. The highest BCUT2D eigenvalue weighted by Gasteiger charge is 2.23. The molecule has 6 bridgehead atoms. The molecule has 1 saturated heterocycles. The number of hydrogen-bond donors (Lipinski definition) is 3. The zero-order valence-corrected chi connectivity index (χ0v) is 22.4. The van der Waals surface area contributed by atoms with Gasteiger partial charge in [-0.1, -0.05) is 11.6 Å². The van der Waals surface area contributed by atoms with Crippen molar-refractivity contribution >= 4 is 63.3 Å². The lowest BCUT2D eigenvalue weighted by Gasteiger charge is -2.31. The second-order valence-corrected chi connectivity index (χ2v) is 11.2. The number of carbonyl (C=O) groups excluding carboxylic acids is 1. The van der Waals surface area contributed by atoms with Crippen molar-refractivity contribution in [2.75, 3.05) is 33.9 Å². The Labute approximate surface area is 230 Å². The van der Waals surface area contributed by atoms with Gasteiger partial charge in [-0.2, -0.15) is 4.98 Å². The van der Waals surface area contributed by atoms with Crippen molar-refractivity contribution in [3.05, 3.63) is 58.5 Å². The summed E-state index contributed by atoms with van der Waals surface area (Å²) in [5, 5.41) is 13.3. The molecule has 1 amide bonds. The Hall–Kier alpha value is -3.50. The van der Waals surface area contributed by atoms with Gasteiger partial charge in [0.2, 0.25) is 11.9 Å². The molecule has 0 saturated carbocycles. The molecular weight excluding hydrogens is 520 g/mol. The largest absolute Gasteiger partial charge is 0.348 e. The molecule has 9 nitrogen and oxygen atoms in total. The SMILES string of the molecule is O=C(CC1CCN(c2nccs2)CC1)Nc1ccc2cc1CCC1C=NC=C(C1)Nc1ncc(Cl)c(n1)N2. The zero-order chi connectivity index (χ0) is 25.9. The average molecular weight is 549 g/mol. The first kappa shape index (κ1) is 24.8. The molecule has 6 rings (SSSR count). The molecule has 1 atom stereocenters. The third-order valence-electron chi connectivity index (χ3n) is 7.23. The Bertz CT molecular complexity index is 1370. The molecule has 1 unspecified atom stereocenters. The first-order valence-corrected chi connectivity index (χ1v) is 14.2. The van der Waals surface area contributed by atoms with Crippen LogP contribution in [0.3, 0.4) is 0 Å². The summed E-state index contributed by atoms with van der Waals surface area (Å²) in [5.74, 6) is 1.71. The normalized spacial score (nSPS) is 19.2. The highest BCUT2D eigenvalue weighted by Crippen LogP contribution is 2.32. The predicted molar refractivity (Wildman–Crippen MR) is 154 cm³/mol. The number of hydrogen-bond acceptors (Lipinski definition) is 9. The minimum Gasteiger partial charge on any atom is -0.348 e. The smallest absolute Gasteiger partial charge is 0.229 e. The second-order valence-electron chi connectivity index (χ2n) is 9.96. The Balaban J connectivity index is 1.17. The highest BCUT2D eigenvalue weighted by atomic mass is 35.5. The van der Waals surface area contributed by atoms with E-state index < -0.39 is 0 Å². The minimum absolute atomic E-state index is 0.0645. The number of nitrogens with one attached hydrogen (secondary N) is 3. The van der Waals surface area contributed by atoms with Crippen LogP contribution >= 0.6 is 22.9 Å². The van der Waals surface area contributed by atoms with Gasteiger partial charge in [-0.05, 0) is 61.8 Å². The van der Waals surface area contributed by atoms with Crippen LogP contribution in [0.5, 0.6) is 0 Å². The molecule has 0 spiro atoms.